The lowest BCUT2D eigenvalue weighted by Crippen LogP contribution is -2.13. The Morgan fingerprint density at radius 1 is 1.40 bits per heavy atom. The number of furan rings is 1. The van der Waals surface area contributed by atoms with Gasteiger partial charge in [-0.25, -0.2) is 0 Å². The van der Waals surface area contributed by atoms with Crippen LogP contribution < -0.4 is 11.1 Å². The third kappa shape index (κ3) is 4.51. The summed E-state index contributed by atoms with van der Waals surface area (Å²) in [4.78, 5) is 11.8. The predicted molar refractivity (Wildman–Crippen MR) is 84.0 cm³/mol. The maximum absolute atomic E-state index is 11.8. The fourth-order valence-corrected chi connectivity index (χ4v) is 2.61. The predicted octanol–water partition coefficient (Wildman–Crippen LogP) is 3.78. The average Bonchev–Trinajstić information content (AvgIpc) is 2.91. The van der Waals surface area contributed by atoms with Gasteiger partial charge < -0.3 is 15.5 Å². The van der Waals surface area contributed by atoms with Crippen LogP contribution in [0.15, 0.2) is 41.0 Å². The molecule has 1 aromatic heterocycles. The second-order valence-electron chi connectivity index (χ2n) is 4.16. The van der Waals surface area contributed by atoms with E-state index in [9.17, 15) is 4.79 Å². The summed E-state index contributed by atoms with van der Waals surface area (Å²) < 4.78 is 5.21. The number of anilines is 2. The highest BCUT2D eigenvalue weighted by Crippen LogP contribution is 2.23. The van der Waals surface area contributed by atoms with Gasteiger partial charge >= 0.3 is 0 Å². The standard InChI is InChI=1S/C14H15ClN2O2S/c15-10-3-4-13(12(16)8-10)17-14(18)5-7-20-9-11-2-1-6-19-11/h1-4,6,8H,5,7,9,16H2,(H,17,18). The molecule has 0 aliphatic heterocycles. The number of carbonyl (C=O) groups is 1. The molecule has 0 saturated heterocycles. The highest BCUT2D eigenvalue weighted by Gasteiger charge is 2.06. The quantitative estimate of drug-likeness (QED) is 0.629. The molecular formula is C14H15ClN2O2S. The van der Waals surface area contributed by atoms with E-state index in [2.05, 4.69) is 5.32 Å². The number of nitrogens with one attached hydrogen (secondary N) is 1. The maximum atomic E-state index is 11.8. The first-order chi connectivity index (χ1) is 9.65. The molecule has 0 fully saturated rings. The lowest BCUT2D eigenvalue weighted by molar-refractivity contribution is -0.115. The Morgan fingerprint density at radius 2 is 2.25 bits per heavy atom. The van der Waals surface area contributed by atoms with Gasteiger partial charge in [0.1, 0.15) is 5.76 Å². The number of nitrogen functional groups attached to an aromatic ring is 1. The lowest BCUT2D eigenvalue weighted by atomic mass is 10.2. The van der Waals surface area contributed by atoms with Gasteiger partial charge in [0.05, 0.1) is 23.4 Å². The molecular weight excluding hydrogens is 296 g/mol. The summed E-state index contributed by atoms with van der Waals surface area (Å²) >= 11 is 7.45. The van der Waals surface area contributed by atoms with Crippen LogP contribution in [0.4, 0.5) is 11.4 Å². The van der Waals surface area contributed by atoms with Crippen LogP contribution in [0.25, 0.3) is 0 Å². The van der Waals surface area contributed by atoms with E-state index in [0.717, 1.165) is 17.3 Å². The van der Waals surface area contributed by atoms with Crippen LogP contribution in [-0.2, 0) is 10.5 Å². The first kappa shape index (κ1) is 14.8. The number of rotatable bonds is 6. The Morgan fingerprint density at radius 3 is 2.95 bits per heavy atom. The largest absolute Gasteiger partial charge is 0.468 e. The van der Waals surface area contributed by atoms with Gasteiger partial charge in [-0.3, -0.25) is 4.79 Å². The van der Waals surface area contributed by atoms with Gasteiger partial charge in [-0.15, -0.1) is 0 Å². The Hall–Kier alpha value is -1.59. The molecule has 6 heteroatoms. The van der Waals surface area contributed by atoms with E-state index < -0.39 is 0 Å². The van der Waals surface area contributed by atoms with Crippen molar-refractivity contribution < 1.29 is 9.21 Å². The molecule has 2 aromatic rings. The normalized spacial score (nSPS) is 10.4. The number of hydrogen-bond donors (Lipinski definition) is 2. The minimum Gasteiger partial charge on any atom is -0.468 e. The zero-order valence-corrected chi connectivity index (χ0v) is 12.3. The van der Waals surface area contributed by atoms with Crippen molar-refractivity contribution in [1.29, 1.82) is 0 Å². The Bertz CT molecular complexity index is 573. The second kappa shape index (κ2) is 7.26. The Kier molecular flexibility index (Phi) is 5.38. The van der Waals surface area contributed by atoms with E-state index in [4.69, 9.17) is 21.8 Å². The number of halogens is 1. The number of amides is 1. The molecule has 4 nitrogen and oxygen atoms in total. The molecule has 1 aromatic carbocycles. The summed E-state index contributed by atoms with van der Waals surface area (Å²) in [6.45, 7) is 0. The summed E-state index contributed by atoms with van der Waals surface area (Å²) in [6.07, 6.45) is 2.07. The number of hydrogen-bond acceptors (Lipinski definition) is 4. The smallest absolute Gasteiger partial charge is 0.225 e. The van der Waals surface area contributed by atoms with Crippen LogP contribution in [0.3, 0.4) is 0 Å². The van der Waals surface area contributed by atoms with Crippen molar-refractivity contribution in [2.24, 2.45) is 0 Å². The summed E-state index contributed by atoms with van der Waals surface area (Å²) in [5.41, 5.74) is 6.83. The fraction of sp³-hybridized carbons (Fsp3) is 0.214. The van der Waals surface area contributed by atoms with Gasteiger partial charge in [-0.05, 0) is 30.3 Å². The fourth-order valence-electron chi connectivity index (χ4n) is 1.59. The van der Waals surface area contributed by atoms with Crippen molar-refractivity contribution in [3.05, 3.63) is 47.4 Å². The van der Waals surface area contributed by atoms with Gasteiger partial charge in [0.15, 0.2) is 0 Å². The molecule has 106 valence electrons. The van der Waals surface area contributed by atoms with Crippen LogP contribution in [0.1, 0.15) is 12.2 Å². The van der Waals surface area contributed by atoms with Gasteiger partial charge in [0.2, 0.25) is 5.91 Å². The number of nitrogens with two attached hydrogens (primary N) is 1. The van der Waals surface area contributed by atoms with Crippen molar-refractivity contribution in [3.63, 3.8) is 0 Å². The molecule has 0 unspecified atom stereocenters. The van der Waals surface area contributed by atoms with Gasteiger partial charge in [-0.1, -0.05) is 11.6 Å². The number of benzene rings is 1. The molecule has 0 atom stereocenters. The zero-order valence-electron chi connectivity index (χ0n) is 10.8. The second-order valence-corrected chi connectivity index (χ2v) is 5.70. The molecule has 0 radical (unpaired) electrons. The minimum absolute atomic E-state index is 0.0639. The first-order valence-corrected chi connectivity index (χ1v) is 7.63. The molecule has 0 spiro atoms. The zero-order chi connectivity index (χ0) is 14.4. The van der Waals surface area contributed by atoms with Crippen LogP contribution in [0, 0.1) is 0 Å². The van der Waals surface area contributed by atoms with Crippen molar-refractivity contribution in [2.75, 3.05) is 16.8 Å². The van der Waals surface area contributed by atoms with Crippen molar-refractivity contribution in [3.8, 4) is 0 Å². The van der Waals surface area contributed by atoms with E-state index >= 15 is 0 Å². The van der Waals surface area contributed by atoms with Crippen molar-refractivity contribution in [1.82, 2.24) is 0 Å². The molecule has 0 saturated carbocycles. The molecule has 0 aliphatic rings. The van der Waals surface area contributed by atoms with Crippen LogP contribution in [-0.4, -0.2) is 11.7 Å². The molecule has 0 aliphatic carbocycles. The first-order valence-electron chi connectivity index (χ1n) is 6.10. The highest BCUT2D eigenvalue weighted by atomic mass is 35.5. The lowest BCUT2D eigenvalue weighted by Gasteiger charge is -2.08. The summed E-state index contributed by atoms with van der Waals surface area (Å²) in [7, 11) is 0. The topological polar surface area (TPSA) is 68.3 Å². The third-order valence-corrected chi connectivity index (χ3v) is 3.80. The monoisotopic (exact) mass is 310 g/mol. The number of carbonyl (C=O) groups excluding carboxylic acids is 1. The van der Waals surface area contributed by atoms with Crippen molar-refractivity contribution in [2.45, 2.75) is 12.2 Å². The maximum Gasteiger partial charge on any atom is 0.225 e. The molecule has 0 bridgehead atoms. The number of thioether (sulfide) groups is 1. The molecule has 3 N–H and O–H groups in total. The minimum atomic E-state index is -0.0639. The van der Waals surface area contributed by atoms with Crippen molar-refractivity contribution >= 4 is 40.6 Å². The van der Waals surface area contributed by atoms with Crippen LogP contribution >= 0.6 is 23.4 Å². The molecule has 1 heterocycles. The van der Waals surface area contributed by atoms with Crippen LogP contribution in [0.2, 0.25) is 5.02 Å². The molecule has 2 rings (SSSR count). The summed E-state index contributed by atoms with van der Waals surface area (Å²) in [6, 6.07) is 8.78. The summed E-state index contributed by atoms with van der Waals surface area (Å²) in [5, 5.41) is 3.32. The Balaban J connectivity index is 1.72. The highest BCUT2D eigenvalue weighted by molar-refractivity contribution is 7.98. The van der Waals surface area contributed by atoms with E-state index in [1.54, 1.807) is 36.2 Å². The van der Waals surface area contributed by atoms with Crippen LogP contribution in [0.5, 0.6) is 0 Å². The van der Waals surface area contributed by atoms with Gasteiger partial charge in [0, 0.05) is 17.2 Å². The van der Waals surface area contributed by atoms with E-state index in [-0.39, 0.29) is 5.91 Å². The third-order valence-electron chi connectivity index (χ3n) is 2.59. The van der Waals surface area contributed by atoms with E-state index in [1.807, 2.05) is 12.1 Å². The van der Waals surface area contributed by atoms with Gasteiger partial charge in [-0.2, -0.15) is 11.8 Å². The van der Waals surface area contributed by atoms with E-state index in [1.165, 1.54) is 0 Å². The summed E-state index contributed by atoms with van der Waals surface area (Å²) in [5.74, 6) is 2.34. The van der Waals surface area contributed by atoms with E-state index in [0.29, 0.717) is 22.8 Å². The SMILES string of the molecule is Nc1cc(Cl)ccc1NC(=O)CCSCc1ccco1. The molecule has 1 amide bonds. The Labute approximate surface area is 126 Å². The van der Waals surface area contributed by atoms with Gasteiger partial charge in [0.25, 0.3) is 0 Å². The molecule has 20 heavy (non-hydrogen) atoms. The average molecular weight is 311 g/mol.